The number of ether oxygens (including phenoxy) is 1. The molecule has 3 atom stereocenters. The summed E-state index contributed by atoms with van der Waals surface area (Å²) < 4.78 is 5.47. The number of nitrogens with two attached hydrogens (primary N) is 1. The molecule has 1 aliphatic rings. The van der Waals surface area contributed by atoms with Gasteiger partial charge in [0, 0.05) is 19.6 Å². The van der Waals surface area contributed by atoms with Crippen molar-refractivity contribution >= 4 is 5.69 Å². The van der Waals surface area contributed by atoms with Crippen molar-refractivity contribution < 1.29 is 4.74 Å². The van der Waals surface area contributed by atoms with Crippen LogP contribution in [0.2, 0.25) is 0 Å². The van der Waals surface area contributed by atoms with Crippen LogP contribution in [-0.4, -0.2) is 26.7 Å². The molecular formula is C18H30N2O. The molecule has 0 saturated heterocycles. The van der Waals surface area contributed by atoms with E-state index in [1.165, 1.54) is 12.8 Å². The van der Waals surface area contributed by atoms with Crippen LogP contribution in [0.15, 0.2) is 24.3 Å². The third-order valence-corrected chi connectivity index (χ3v) is 5.03. The minimum atomic E-state index is 0.331. The van der Waals surface area contributed by atoms with Crippen molar-refractivity contribution in [3.63, 3.8) is 0 Å². The average Bonchev–Trinajstić information content (AvgIpc) is 2.49. The molecule has 2 rings (SSSR count). The summed E-state index contributed by atoms with van der Waals surface area (Å²) in [6.07, 6.45) is 3.69. The molecule has 0 radical (unpaired) electrons. The Hall–Kier alpha value is -1.22. The van der Waals surface area contributed by atoms with Crippen molar-refractivity contribution in [2.24, 2.45) is 23.5 Å². The molecule has 3 nitrogen and oxygen atoms in total. The SMILES string of the molecule is COc1ccccc1N(C)CC1CC(C(C)C)CCC1N. The highest BCUT2D eigenvalue weighted by Gasteiger charge is 2.30. The molecule has 0 aliphatic heterocycles. The zero-order valence-electron chi connectivity index (χ0n) is 13.9. The van der Waals surface area contributed by atoms with E-state index in [9.17, 15) is 0 Å². The van der Waals surface area contributed by atoms with E-state index in [4.69, 9.17) is 10.5 Å². The summed E-state index contributed by atoms with van der Waals surface area (Å²) in [4.78, 5) is 2.30. The largest absolute Gasteiger partial charge is 0.495 e. The molecule has 0 amide bonds. The number of hydrogen-bond donors (Lipinski definition) is 1. The highest BCUT2D eigenvalue weighted by Crippen LogP contribution is 2.35. The molecule has 1 aromatic carbocycles. The molecule has 0 spiro atoms. The number of anilines is 1. The second-order valence-electron chi connectivity index (χ2n) is 6.79. The quantitative estimate of drug-likeness (QED) is 0.901. The maximum Gasteiger partial charge on any atom is 0.142 e. The Morgan fingerprint density at radius 1 is 1.29 bits per heavy atom. The number of hydrogen-bond acceptors (Lipinski definition) is 3. The maximum atomic E-state index is 6.38. The lowest BCUT2D eigenvalue weighted by Gasteiger charge is -2.38. The Morgan fingerprint density at radius 2 is 2.00 bits per heavy atom. The lowest BCUT2D eigenvalue weighted by Crippen LogP contribution is -2.43. The van der Waals surface area contributed by atoms with Gasteiger partial charge < -0.3 is 15.4 Å². The van der Waals surface area contributed by atoms with Gasteiger partial charge in [0.1, 0.15) is 5.75 Å². The first kappa shape index (κ1) is 16.2. The summed E-state index contributed by atoms with van der Waals surface area (Å²) in [5.74, 6) is 3.09. The van der Waals surface area contributed by atoms with Gasteiger partial charge in [-0.25, -0.2) is 0 Å². The molecular weight excluding hydrogens is 260 g/mol. The normalized spacial score (nSPS) is 25.9. The lowest BCUT2D eigenvalue weighted by molar-refractivity contribution is 0.193. The standard InChI is InChI=1S/C18H30N2O/c1-13(2)14-9-10-16(19)15(11-14)12-20(3)17-7-5-6-8-18(17)21-4/h5-8,13-16H,9-12,19H2,1-4H3. The highest BCUT2D eigenvalue weighted by atomic mass is 16.5. The molecule has 1 aliphatic carbocycles. The van der Waals surface area contributed by atoms with Crippen LogP contribution in [0, 0.1) is 17.8 Å². The van der Waals surface area contributed by atoms with E-state index in [1.807, 2.05) is 12.1 Å². The monoisotopic (exact) mass is 290 g/mol. The van der Waals surface area contributed by atoms with Crippen molar-refractivity contribution in [1.29, 1.82) is 0 Å². The van der Waals surface area contributed by atoms with Crippen LogP contribution in [-0.2, 0) is 0 Å². The molecule has 1 aromatic rings. The van der Waals surface area contributed by atoms with Gasteiger partial charge in [0.25, 0.3) is 0 Å². The summed E-state index contributed by atoms with van der Waals surface area (Å²) in [5, 5.41) is 0. The van der Waals surface area contributed by atoms with E-state index in [2.05, 4.69) is 37.9 Å². The van der Waals surface area contributed by atoms with Crippen LogP contribution in [0.5, 0.6) is 5.75 Å². The van der Waals surface area contributed by atoms with Crippen LogP contribution < -0.4 is 15.4 Å². The number of benzene rings is 1. The van der Waals surface area contributed by atoms with Gasteiger partial charge in [-0.05, 0) is 49.1 Å². The summed E-state index contributed by atoms with van der Waals surface area (Å²) in [6, 6.07) is 8.54. The zero-order valence-corrected chi connectivity index (χ0v) is 13.9. The maximum absolute atomic E-state index is 6.38. The molecule has 2 N–H and O–H groups in total. The lowest BCUT2D eigenvalue weighted by atomic mass is 9.74. The van der Waals surface area contributed by atoms with Crippen molar-refractivity contribution in [3.05, 3.63) is 24.3 Å². The topological polar surface area (TPSA) is 38.5 Å². The summed E-state index contributed by atoms with van der Waals surface area (Å²) >= 11 is 0. The van der Waals surface area contributed by atoms with Crippen LogP contribution in [0.25, 0.3) is 0 Å². The van der Waals surface area contributed by atoms with Gasteiger partial charge in [0.2, 0.25) is 0 Å². The molecule has 3 heteroatoms. The smallest absolute Gasteiger partial charge is 0.142 e. The average molecular weight is 290 g/mol. The third kappa shape index (κ3) is 3.91. The number of nitrogens with zero attached hydrogens (tertiary/aromatic N) is 1. The number of methoxy groups -OCH3 is 1. The number of rotatable bonds is 5. The van der Waals surface area contributed by atoms with Gasteiger partial charge in [-0.15, -0.1) is 0 Å². The second-order valence-corrected chi connectivity index (χ2v) is 6.79. The fourth-order valence-corrected chi connectivity index (χ4v) is 3.53. The Kier molecular flexibility index (Phi) is 5.51. The number of para-hydroxylation sites is 2. The van der Waals surface area contributed by atoms with Gasteiger partial charge >= 0.3 is 0 Å². The van der Waals surface area contributed by atoms with E-state index in [0.717, 1.165) is 36.2 Å². The van der Waals surface area contributed by atoms with E-state index >= 15 is 0 Å². The first-order valence-corrected chi connectivity index (χ1v) is 8.12. The Bertz CT molecular complexity index is 447. The molecule has 0 heterocycles. The Labute approximate surface area is 129 Å². The fraction of sp³-hybridized carbons (Fsp3) is 0.667. The molecule has 0 bridgehead atoms. The molecule has 0 aromatic heterocycles. The van der Waals surface area contributed by atoms with Crippen LogP contribution in [0.4, 0.5) is 5.69 Å². The third-order valence-electron chi connectivity index (χ3n) is 5.03. The van der Waals surface area contributed by atoms with Crippen molar-refractivity contribution in [1.82, 2.24) is 0 Å². The minimum Gasteiger partial charge on any atom is -0.495 e. The molecule has 3 unspecified atom stereocenters. The predicted octanol–water partition coefficient (Wildman–Crippen LogP) is 3.53. The Morgan fingerprint density at radius 3 is 2.67 bits per heavy atom. The molecule has 1 saturated carbocycles. The molecule has 21 heavy (non-hydrogen) atoms. The van der Waals surface area contributed by atoms with Crippen LogP contribution in [0.3, 0.4) is 0 Å². The van der Waals surface area contributed by atoms with Gasteiger partial charge in [-0.3, -0.25) is 0 Å². The van der Waals surface area contributed by atoms with Crippen molar-refractivity contribution in [2.45, 2.75) is 39.2 Å². The van der Waals surface area contributed by atoms with E-state index in [-0.39, 0.29) is 0 Å². The minimum absolute atomic E-state index is 0.331. The highest BCUT2D eigenvalue weighted by molar-refractivity contribution is 5.57. The van der Waals surface area contributed by atoms with Gasteiger partial charge in [-0.1, -0.05) is 26.0 Å². The van der Waals surface area contributed by atoms with Crippen molar-refractivity contribution in [2.75, 3.05) is 25.6 Å². The Balaban J connectivity index is 2.05. The van der Waals surface area contributed by atoms with E-state index in [1.54, 1.807) is 7.11 Å². The predicted molar refractivity (Wildman–Crippen MR) is 89.9 cm³/mol. The summed E-state index contributed by atoms with van der Waals surface area (Å²) in [6.45, 7) is 5.68. The fourth-order valence-electron chi connectivity index (χ4n) is 3.53. The first-order valence-electron chi connectivity index (χ1n) is 8.12. The van der Waals surface area contributed by atoms with Crippen LogP contribution in [0.1, 0.15) is 33.1 Å². The van der Waals surface area contributed by atoms with Crippen molar-refractivity contribution in [3.8, 4) is 5.75 Å². The van der Waals surface area contributed by atoms with E-state index < -0.39 is 0 Å². The van der Waals surface area contributed by atoms with Gasteiger partial charge in [0.15, 0.2) is 0 Å². The molecule has 1 fully saturated rings. The van der Waals surface area contributed by atoms with Gasteiger partial charge in [-0.2, -0.15) is 0 Å². The first-order chi connectivity index (χ1) is 10.0. The van der Waals surface area contributed by atoms with Crippen LogP contribution >= 0.6 is 0 Å². The van der Waals surface area contributed by atoms with E-state index in [0.29, 0.717) is 12.0 Å². The summed E-state index contributed by atoms with van der Waals surface area (Å²) in [7, 11) is 3.87. The van der Waals surface area contributed by atoms with Gasteiger partial charge in [0.05, 0.1) is 12.8 Å². The zero-order chi connectivity index (χ0) is 15.4. The molecule has 118 valence electrons. The second kappa shape index (κ2) is 7.17. The summed E-state index contributed by atoms with van der Waals surface area (Å²) in [5.41, 5.74) is 7.53.